The molecule has 4 nitrogen and oxygen atoms in total. The topological polar surface area (TPSA) is 49.6 Å². The number of amides is 1. The van der Waals surface area contributed by atoms with E-state index in [4.69, 9.17) is 5.73 Å². The van der Waals surface area contributed by atoms with E-state index in [1.165, 1.54) is 19.4 Å². The molecule has 1 amide bonds. The van der Waals surface area contributed by atoms with Gasteiger partial charge in [-0.3, -0.25) is 9.69 Å². The predicted octanol–water partition coefficient (Wildman–Crippen LogP) is 2.80. The Labute approximate surface area is 146 Å². The van der Waals surface area contributed by atoms with E-state index >= 15 is 0 Å². The Balaban J connectivity index is 0.00000110. The maximum absolute atomic E-state index is 12.5. The summed E-state index contributed by atoms with van der Waals surface area (Å²) in [6, 6.07) is 6.02. The van der Waals surface area contributed by atoms with Crippen LogP contribution in [0, 0.1) is 0 Å². The van der Waals surface area contributed by atoms with E-state index in [0.717, 1.165) is 24.1 Å². The molecule has 21 heavy (non-hydrogen) atoms. The number of nitrogens with two attached hydrogens (primary N) is 1. The Morgan fingerprint density at radius 3 is 2.71 bits per heavy atom. The normalized spacial score (nSPS) is 21.2. The van der Waals surface area contributed by atoms with Crippen LogP contribution in [0.15, 0.2) is 22.7 Å². The van der Waals surface area contributed by atoms with Gasteiger partial charge in [0.05, 0.1) is 5.56 Å². The number of carbonyl (C=O) groups is 1. The van der Waals surface area contributed by atoms with Gasteiger partial charge in [0.15, 0.2) is 0 Å². The SMILES string of the molecule is Cl.Cl.Nc1cc(Br)ccc1C(=O)N1CCN2CCCC2C1. The number of carbonyl (C=O) groups excluding carboxylic acids is 1. The average Bonchev–Trinajstić information content (AvgIpc) is 2.85. The maximum atomic E-state index is 12.5. The van der Waals surface area contributed by atoms with Gasteiger partial charge < -0.3 is 10.6 Å². The molecule has 7 heteroatoms. The number of fused-ring (bicyclic) bond motifs is 1. The molecule has 2 aliphatic rings. The fraction of sp³-hybridized carbons (Fsp3) is 0.500. The lowest BCUT2D eigenvalue weighted by Crippen LogP contribution is -2.52. The predicted molar refractivity (Wildman–Crippen MR) is 93.5 cm³/mol. The van der Waals surface area contributed by atoms with E-state index in [2.05, 4.69) is 20.8 Å². The van der Waals surface area contributed by atoms with E-state index in [1.54, 1.807) is 6.07 Å². The molecule has 0 spiro atoms. The smallest absolute Gasteiger partial charge is 0.256 e. The molecule has 0 bridgehead atoms. The molecule has 3 rings (SSSR count). The van der Waals surface area contributed by atoms with Crippen LogP contribution in [0.5, 0.6) is 0 Å². The molecule has 118 valence electrons. The van der Waals surface area contributed by atoms with Crippen molar-refractivity contribution in [3.05, 3.63) is 28.2 Å². The first-order chi connectivity index (χ1) is 9.15. The summed E-state index contributed by atoms with van der Waals surface area (Å²) >= 11 is 3.37. The second kappa shape index (κ2) is 7.68. The lowest BCUT2D eigenvalue weighted by molar-refractivity contribution is 0.0572. The van der Waals surface area contributed by atoms with Crippen molar-refractivity contribution in [2.24, 2.45) is 0 Å². The Morgan fingerprint density at radius 1 is 1.24 bits per heavy atom. The number of nitrogens with zero attached hydrogens (tertiary/aromatic N) is 2. The van der Waals surface area contributed by atoms with Gasteiger partial charge >= 0.3 is 0 Å². The number of anilines is 1. The summed E-state index contributed by atoms with van der Waals surface area (Å²) in [4.78, 5) is 17.0. The number of hydrogen-bond donors (Lipinski definition) is 1. The quantitative estimate of drug-likeness (QED) is 0.742. The second-order valence-electron chi connectivity index (χ2n) is 5.31. The summed E-state index contributed by atoms with van der Waals surface area (Å²) < 4.78 is 0.905. The first-order valence-corrected chi connectivity index (χ1v) is 7.53. The minimum Gasteiger partial charge on any atom is -0.398 e. The van der Waals surface area contributed by atoms with Crippen molar-refractivity contribution in [3.63, 3.8) is 0 Å². The monoisotopic (exact) mass is 395 g/mol. The molecule has 2 aliphatic heterocycles. The minimum absolute atomic E-state index is 0. The van der Waals surface area contributed by atoms with Crippen LogP contribution < -0.4 is 5.73 Å². The van der Waals surface area contributed by atoms with Crippen LogP contribution in [0.4, 0.5) is 5.69 Å². The molecule has 1 aromatic carbocycles. The van der Waals surface area contributed by atoms with Crippen LogP contribution in [0.2, 0.25) is 0 Å². The first-order valence-electron chi connectivity index (χ1n) is 6.73. The highest BCUT2D eigenvalue weighted by Crippen LogP contribution is 2.25. The molecular weight excluding hydrogens is 377 g/mol. The highest BCUT2D eigenvalue weighted by Gasteiger charge is 2.33. The summed E-state index contributed by atoms with van der Waals surface area (Å²) in [5.74, 6) is 0.0663. The Kier molecular flexibility index (Phi) is 6.78. The van der Waals surface area contributed by atoms with Gasteiger partial charge in [-0.15, -0.1) is 24.8 Å². The molecule has 0 aromatic heterocycles. The summed E-state index contributed by atoms with van der Waals surface area (Å²) in [7, 11) is 0. The summed E-state index contributed by atoms with van der Waals surface area (Å²) in [6.45, 7) is 3.83. The number of hydrogen-bond acceptors (Lipinski definition) is 3. The van der Waals surface area contributed by atoms with Crippen molar-refractivity contribution < 1.29 is 4.79 Å². The van der Waals surface area contributed by atoms with Crippen molar-refractivity contribution in [1.29, 1.82) is 0 Å². The van der Waals surface area contributed by atoms with Crippen LogP contribution in [0.1, 0.15) is 23.2 Å². The molecule has 2 saturated heterocycles. The molecule has 0 radical (unpaired) electrons. The van der Waals surface area contributed by atoms with Crippen molar-refractivity contribution in [2.45, 2.75) is 18.9 Å². The maximum Gasteiger partial charge on any atom is 0.256 e. The van der Waals surface area contributed by atoms with Crippen molar-refractivity contribution in [2.75, 3.05) is 31.9 Å². The third kappa shape index (κ3) is 3.83. The summed E-state index contributed by atoms with van der Waals surface area (Å²) in [6.07, 6.45) is 2.46. The van der Waals surface area contributed by atoms with Gasteiger partial charge in [-0.25, -0.2) is 0 Å². The largest absolute Gasteiger partial charge is 0.398 e. The van der Waals surface area contributed by atoms with Crippen LogP contribution in [0.3, 0.4) is 0 Å². The highest BCUT2D eigenvalue weighted by atomic mass is 79.9. The van der Waals surface area contributed by atoms with E-state index in [9.17, 15) is 4.79 Å². The molecule has 1 aromatic rings. The van der Waals surface area contributed by atoms with Crippen LogP contribution in [-0.2, 0) is 0 Å². The fourth-order valence-corrected chi connectivity index (χ4v) is 3.45. The van der Waals surface area contributed by atoms with Gasteiger partial charge in [-0.2, -0.15) is 0 Å². The van der Waals surface area contributed by atoms with Gasteiger partial charge in [0.25, 0.3) is 5.91 Å². The lowest BCUT2D eigenvalue weighted by atomic mass is 10.1. The lowest BCUT2D eigenvalue weighted by Gasteiger charge is -2.37. The number of rotatable bonds is 1. The van der Waals surface area contributed by atoms with Gasteiger partial charge in [-0.1, -0.05) is 15.9 Å². The minimum atomic E-state index is 0. The zero-order valence-electron chi connectivity index (χ0n) is 11.6. The Hall–Kier alpha value is -0.490. The third-order valence-electron chi connectivity index (χ3n) is 4.12. The van der Waals surface area contributed by atoms with Crippen molar-refractivity contribution in [1.82, 2.24) is 9.80 Å². The van der Waals surface area contributed by atoms with Crippen molar-refractivity contribution in [3.8, 4) is 0 Å². The van der Waals surface area contributed by atoms with E-state index in [1.807, 2.05) is 17.0 Å². The third-order valence-corrected chi connectivity index (χ3v) is 4.61. The highest BCUT2D eigenvalue weighted by molar-refractivity contribution is 9.10. The van der Waals surface area contributed by atoms with Crippen LogP contribution in [0.25, 0.3) is 0 Å². The van der Waals surface area contributed by atoms with Crippen molar-refractivity contribution >= 4 is 52.3 Å². The standard InChI is InChI=1S/C14H18BrN3O.2ClH/c15-10-3-4-12(13(16)8-10)14(19)18-7-6-17-5-1-2-11(17)9-18;;/h3-4,8,11H,1-2,5-7,9,16H2;2*1H. The molecule has 2 fully saturated rings. The van der Waals surface area contributed by atoms with Crippen LogP contribution >= 0.6 is 40.7 Å². The first kappa shape index (κ1) is 18.6. The van der Waals surface area contributed by atoms with Gasteiger partial charge in [0.1, 0.15) is 0 Å². The molecule has 0 saturated carbocycles. The Morgan fingerprint density at radius 2 is 2.00 bits per heavy atom. The van der Waals surface area contributed by atoms with Crippen LogP contribution in [-0.4, -0.2) is 47.9 Å². The van der Waals surface area contributed by atoms with E-state index < -0.39 is 0 Å². The Bertz CT molecular complexity index is 515. The fourth-order valence-electron chi connectivity index (χ4n) is 3.07. The molecule has 2 heterocycles. The summed E-state index contributed by atoms with van der Waals surface area (Å²) in [5.41, 5.74) is 7.12. The molecule has 2 N–H and O–H groups in total. The summed E-state index contributed by atoms with van der Waals surface area (Å²) in [5, 5.41) is 0. The molecule has 1 atom stereocenters. The number of benzene rings is 1. The van der Waals surface area contributed by atoms with Gasteiger partial charge in [0, 0.05) is 35.8 Å². The zero-order chi connectivity index (χ0) is 13.4. The zero-order valence-corrected chi connectivity index (χ0v) is 14.8. The number of halogens is 3. The molecule has 0 aliphatic carbocycles. The number of piperazine rings is 1. The van der Waals surface area contributed by atoms with E-state index in [0.29, 0.717) is 17.3 Å². The number of nitrogen functional groups attached to an aromatic ring is 1. The molecule has 1 unspecified atom stereocenters. The van der Waals surface area contributed by atoms with Gasteiger partial charge in [0.2, 0.25) is 0 Å². The van der Waals surface area contributed by atoms with Gasteiger partial charge in [-0.05, 0) is 37.6 Å². The second-order valence-corrected chi connectivity index (χ2v) is 6.23. The van der Waals surface area contributed by atoms with E-state index in [-0.39, 0.29) is 30.7 Å². The average molecular weight is 397 g/mol. The molecular formula is C14H20BrCl2N3O.